The summed E-state index contributed by atoms with van der Waals surface area (Å²) in [6.45, 7) is 0. The highest BCUT2D eigenvalue weighted by atomic mass is 32.3. The second-order valence-electron chi connectivity index (χ2n) is 3.22. The molecular weight excluding hydrogens is 191 g/mol. The SMILES string of the molecule is O=S(=O)(F)c1ccc2c(c1)CCC2. The van der Waals surface area contributed by atoms with Crippen LogP contribution in [-0.4, -0.2) is 8.42 Å². The molecule has 0 heterocycles. The lowest BCUT2D eigenvalue weighted by molar-refractivity contribution is 0.552. The molecule has 0 aromatic heterocycles. The van der Waals surface area contributed by atoms with Crippen LogP contribution < -0.4 is 0 Å². The van der Waals surface area contributed by atoms with Gasteiger partial charge in [-0.1, -0.05) is 6.07 Å². The molecule has 0 radical (unpaired) electrons. The molecule has 1 aliphatic rings. The van der Waals surface area contributed by atoms with Crippen molar-refractivity contribution in [2.75, 3.05) is 0 Å². The molecule has 0 aliphatic heterocycles. The second kappa shape index (κ2) is 2.80. The van der Waals surface area contributed by atoms with Crippen molar-refractivity contribution in [2.24, 2.45) is 0 Å². The third-order valence-electron chi connectivity index (χ3n) is 2.35. The summed E-state index contributed by atoms with van der Waals surface area (Å²) >= 11 is 0. The molecule has 2 nitrogen and oxygen atoms in total. The molecule has 0 fully saturated rings. The van der Waals surface area contributed by atoms with Crippen LogP contribution in [0, 0.1) is 0 Å². The minimum absolute atomic E-state index is 0.215. The van der Waals surface area contributed by atoms with Crippen molar-refractivity contribution in [1.29, 1.82) is 0 Å². The number of hydrogen-bond donors (Lipinski definition) is 0. The van der Waals surface area contributed by atoms with Crippen LogP contribution in [0.15, 0.2) is 23.1 Å². The van der Waals surface area contributed by atoms with E-state index in [0.717, 1.165) is 30.4 Å². The summed E-state index contributed by atoms with van der Waals surface area (Å²) in [6, 6.07) is 4.48. The van der Waals surface area contributed by atoms with E-state index in [9.17, 15) is 12.3 Å². The highest BCUT2D eigenvalue weighted by Gasteiger charge is 2.16. The van der Waals surface area contributed by atoms with Crippen molar-refractivity contribution in [1.82, 2.24) is 0 Å². The van der Waals surface area contributed by atoms with Crippen LogP contribution in [-0.2, 0) is 23.1 Å². The van der Waals surface area contributed by atoms with Gasteiger partial charge in [0.2, 0.25) is 0 Å². The van der Waals surface area contributed by atoms with E-state index in [1.165, 1.54) is 12.1 Å². The Morgan fingerprint density at radius 2 is 1.85 bits per heavy atom. The maximum Gasteiger partial charge on any atom is 0.332 e. The Bertz CT molecular complexity index is 437. The summed E-state index contributed by atoms with van der Waals surface area (Å²) in [4.78, 5) is -0.215. The summed E-state index contributed by atoms with van der Waals surface area (Å²) in [5, 5.41) is 0. The van der Waals surface area contributed by atoms with Gasteiger partial charge in [0.05, 0.1) is 4.90 Å². The molecule has 70 valence electrons. The standard InChI is InChI=1S/C9H9FO2S/c10-13(11,12)9-5-4-7-2-1-3-8(7)6-9/h4-6H,1-3H2. The molecule has 4 heteroatoms. The second-order valence-corrected chi connectivity index (χ2v) is 4.57. The third-order valence-corrected chi connectivity index (χ3v) is 3.17. The Morgan fingerprint density at radius 3 is 2.54 bits per heavy atom. The molecular formula is C9H9FO2S. The summed E-state index contributed by atoms with van der Waals surface area (Å²) in [5.41, 5.74) is 2.12. The molecule has 0 amide bonds. The predicted octanol–water partition coefficient (Wildman–Crippen LogP) is 1.83. The molecule has 0 atom stereocenters. The van der Waals surface area contributed by atoms with E-state index in [0.29, 0.717) is 0 Å². The Hall–Kier alpha value is -0.900. The van der Waals surface area contributed by atoms with Gasteiger partial charge < -0.3 is 0 Å². The summed E-state index contributed by atoms with van der Waals surface area (Å²) in [5.74, 6) is 0. The fraction of sp³-hybridized carbons (Fsp3) is 0.333. The van der Waals surface area contributed by atoms with Crippen LogP contribution in [0.4, 0.5) is 3.89 Å². The van der Waals surface area contributed by atoms with Gasteiger partial charge in [0.25, 0.3) is 0 Å². The molecule has 0 saturated carbocycles. The number of halogens is 1. The van der Waals surface area contributed by atoms with E-state index in [4.69, 9.17) is 0 Å². The third kappa shape index (κ3) is 1.58. The van der Waals surface area contributed by atoms with Gasteiger partial charge in [0.1, 0.15) is 0 Å². The van der Waals surface area contributed by atoms with Crippen molar-refractivity contribution in [3.63, 3.8) is 0 Å². The molecule has 0 N–H and O–H groups in total. The highest BCUT2D eigenvalue weighted by Crippen LogP contribution is 2.25. The molecule has 2 rings (SSSR count). The Balaban J connectivity index is 2.54. The van der Waals surface area contributed by atoms with E-state index in [2.05, 4.69) is 0 Å². The maximum absolute atomic E-state index is 12.6. The lowest BCUT2D eigenvalue weighted by Crippen LogP contribution is -1.93. The van der Waals surface area contributed by atoms with Crippen molar-refractivity contribution in [3.8, 4) is 0 Å². The van der Waals surface area contributed by atoms with Crippen molar-refractivity contribution in [3.05, 3.63) is 29.3 Å². The van der Waals surface area contributed by atoms with Gasteiger partial charge in [-0.15, -0.1) is 3.89 Å². The molecule has 1 aliphatic carbocycles. The molecule has 13 heavy (non-hydrogen) atoms. The summed E-state index contributed by atoms with van der Waals surface area (Å²) < 4.78 is 33.7. The largest absolute Gasteiger partial charge is 0.332 e. The quantitative estimate of drug-likeness (QED) is 0.648. The molecule has 0 saturated heterocycles. The number of benzene rings is 1. The molecule has 1 aromatic carbocycles. The Labute approximate surface area is 76.6 Å². The monoisotopic (exact) mass is 200 g/mol. The average molecular weight is 200 g/mol. The van der Waals surface area contributed by atoms with Crippen molar-refractivity contribution in [2.45, 2.75) is 24.2 Å². The maximum atomic E-state index is 12.6. The molecule has 0 spiro atoms. The topological polar surface area (TPSA) is 34.1 Å². The number of fused-ring (bicyclic) bond motifs is 1. The average Bonchev–Trinajstić information content (AvgIpc) is 2.47. The molecule has 0 unspecified atom stereocenters. The van der Waals surface area contributed by atoms with E-state index in [-0.39, 0.29) is 4.90 Å². The molecule has 1 aromatic rings. The number of rotatable bonds is 1. The minimum Gasteiger partial charge on any atom is -0.189 e. The van der Waals surface area contributed by atoms with Crippen LogP contribution in [0.5, 0.6) is 0 Å². The van der Waals surface area contributed by atoms with Crippen LogP contribution >= 0.6 is 0 Å². The van der Waals surface area contributed by atoms with Crippen LogP contribution in [0.1, 0.15) is 17.5 Å². The van der Waals surface area contributed by atoms with Gasteiger partial charge in [-0.3, -0.25) is 0 Å². The highest BCUT2D eigenvalue weighted by molar-refractivity contribution is 7.86. The lowest BCUT2D eigenvalue weighted by Gasteiger charge is -1.99. The summed E-state index contributed by atoms with van der Waals surface area (Å²) in [6.07, 6.45) is 2.87. The van der Waals surface area contributed by atoms with Gasteiger partial charge in [0, 0.05) is 0 Å². The van der Waals surface area contributed by atoms with Crippen LogP contribution in [0.2, 0.25) is 0 Å². The summed E-state index contributed by atoms with van der Waals surface area (Å²) in [7, 11) is -4.52. The van der Waals surface area contributed by atoms with Gasteiger partial charge >= 0.3 is 10.2 Å². The van der Waals surface area contributed by atoms with Gasteiger partial charge in [-0.05, 0) is 42.5 Å². The fourth-order valence-electron chi connectivity index (χ4n) is 1.70. The first-order valence-electron chi connectivity index (χ1n) is 4.14. The number of aryl methyl sites for hydroxylation is 2. The van der Waals surface area contributed by atoms with E-state index in [1.807, 2.05) is 0 Å². The van der Waals surface area contributed by atoms with E-state index in [1.54, 1.807) is 6.07 Å². The first kappa shape index (κ1) is 8.69. The number of hydrogen-bond acceptors (Lipinski definition) is 2. The normalized spacial score (nSPS) is 15.8. The van der Waals surface area contributed by atoms with Crippen molar-refractivity contribution >= 4 is 10.2 Å². The molecule has 0 bridgehead atoms. The zero-order valence-corrected chi connectivity index (χ0v) is 7.77. The predicted molar refractivity (Wildman–Crippen MR) is 46.8 cm³/mol. The van der Waals surface area contributed by atoms with Crippen LogP contribution in [0.3, 0.4) is 0 Å². The van der Waals surface area contributed by atoms with Gasteiger partial charge in [0.15, 0.2) is 0 Å². The van der Waals surface area contributed by atoms with Gasteiger partial charge in [-0.2, -0.15) is 8.42 Å². The van der Waals surface area contributed by atoms with E-state index >= 15 is 0 Å². The van der Waals surface area contributed by atoms with Crippen molar-refractivity contribution < 1.29 is 12.3 Å². The fourth-order valence-corrected chi connectivity index (χ4v) is 2.21. The Kier molecular flexibility index (Phi) is 1.87. The first-order chi connectivity index (χ1) is 6.07. The lowest BCUT2D eigenvalue weighted by atomic mass is 10.1. The first-order valence-corrected chi connectivity index (χ1v) is 5.52. The van der Waals surface area contributed by atoms with Gasteiger partial charge in [-0.25, -0.2) is 0 Å². The smallest absolute Gasteiger partial charge is 0.189 e. The minimum atomic E-state index is -4.52. The van der Waals surface area contributed by atoms with E-state index < -0.39 is 10.2 Å². The zero-order chi connectivity index (χ0) is 9.47. The zero-order valence-electron chi connectivity index (χ0n) is 6.96. The Morgan fingerprint density at radius 1 is 1.15 bits per heavy atom. The van der Waals surface area contributed by atoms with Crippen LogP contribution in [0.25, 0.3) is 0 Å².